The molecule has 0 unspecified atom stereocenters. The fraction of sp³-hybridized carbons (Fsp3) is 0.0769. The van der Waals surface area contributed by atoms with Crippen molar-refractivity contribution >= 4 is 33.9 Å². The van der Waals surface area contributed by atoms with Crippen LogP contribution < -0.4 is 5.76 Å². The first-order valence-corrected chi connectivity index (χ1v) is 6.48. The zero-order chi connectivity index (χ0) is 14.6. The van der Waals surface area contributed by atoms with Crippen LogP contribution in [0.25, 0.3) is 33.5 Å². The molecule has 0 aliphatic heterocycles. The van der Waals surface area contributed by atoms with Crippen molar-refractivity contribution in [1.82, 2.24) is 24.7 Å². The van der Waals surface area contributed by atoms with Gasteiger partial charge in [-0.3, -0.25) is 4.98 Å². The molecule has 0 aliphatic rings. The lowest BCUT2D eigenvalue weighted by Gasteiger charge is -2.02. The predicted molar refractivity (Wildman–Crippen MR) is 77.1 cm³/mol. The van der Waals surface area contributed by atoms with E-state index in [4.69, 9.17) is 16.0 Å². The Morgan fingerprint density at radius 3 is 3.05 bits per heavy atom. The highest BCUT2D eigenvalue weighted by molar-refractivity contribution is 6.35. The molecule has 0 amide bonds. The second-order valence-electron chi connectivity index (χ2n) is 4.55. The number of aromatic nitrogens is 5. The van der Waals surface area contributed by atoms with E-state index in [1.165, 1.54) is 0 Å². The van der Waals surface area contributed by atoms with Gasteiger partial charge in [-0.1, -0.05) is 11.6 Å². The Bertz CT molecular complexity index is 1050. The van der Waals surface area contributed by atoms with Crippen molar-refractivity contribution in [2.24, 2.45) is 7.05 Å². The molecule has 3 heterocycles. The monoisotopic (exact) mass is 301 g/mol. The lowest BCUT2D eigenvalue weighted by molar-refractivity contribution is 0.556. The summed E-state index contributed by atoms with van der Waals surface area (Å²) >= 11 is 6.05. The first-order valence-electron chi connectivity index (χ1n) is 6.10. The maximum Gasteiger partial charge on any atom is 0.417 e. The van der Waals surface area contributed by atoms with E-state index in [-0.39, 0.29) is 0 Å². The summed E-state index contributed by atoms with van der Waals surface area (Å²) in [6.45, 7) is 0. The average molecular weight is 302 g/mol. The van der Waals surface area contributed by atoms with Gasteiger partial charge in [0.25, 0.3) is 0 Å². The third-order valence-corrected chi connectivity index (χ3v) is 3.56. The van der Waals surface area contributed by atoms with E-state index in [0.717, 1.165) is 0 Å². The van der Waals surface area contributed by atoms with Crippen LogP contribution in [0.2, 0.25) is 5.02 Å². The van der Waals surface area contributed by atoms with Gasteiger partial charge in [0.1, 0.15) is 11.0 Å². The van der Waals surface area contributed by atoms with Gasteiger partial charge < -0.3 is 4.42 Å². The van der Waals surface area contributed by atoms with Crippen molar-refractivity contribution in [1.29, 1.82) is 0 Å². The van der Waals surface area contributed by atoms with Gasteiger partial charge >= 0.3 is 5.76 Å². The average Bonchev–Trinajstić information content (AvgIpc) is 3.03. The van der Waals surface area contributed by atoms with Crippen LogP contribution >= 0.6 is 11.6 Å². The van der Waals surface area contributed by atoms with Crippen molar-refractivity contribution in [3.63, 3.8) is 0 Å². The molecule has 0 aliphatic carbocycles. The first kappa shape index (κ1) is 12.1. The van der Waals surface area contributed by atoms with E-state index >= 15 is 0 Å². The SMILES string of the molecule is Cn1ncc2nc(-c3ccc(Cl)c4[nH]c(=O)oc34)cnc21. The van der Waals surface area contributed by atoms with E-state index < -0.39 is 5.76 Å². The van der Waals surface area contributed by atoms with Crippen LogP contribution in [-0.4, -0.2) is 24.7 Å². The molecule has 0 fully saturated rings. The second-order valence-corrected chi connectivity index (χ2v) is 4.95. The number of rotatable bonds is 1. The molecule has 0 radical (unpaired) electrons. The zero-order valence-electron chi connectivity index (χ0n) is 10.8. The van der Waals surface area contributed by atoms with Crippen LogP contribution in [-0.2, 0) is 7.05 Å². The van der Waals surface area contributed by atoms with E-state index in [2.05, 4.69) is 20.1 Å². The molecule has 0 atom stereocenters. The summed E-state index contributed by atoms with van der Waals surface area (Å²) in [7, 11) is 1.79. The van der Waals surface area contributed by atoms with Crippen molar-refractivity contribution in [3.05, 3.63) is 40.1 Å². The number of hydrogen-bond donors (Lipinski definition) is 1. The highest BCUT2D eigenvalue weighted by atomic mass is 35.5. The van der Waals surface area contributed by atoms with Gasteiger partial charge in [0.15, 0.2) is 11.2 Å². The summed E-state index contributed by atoms with van der Waals surface area (Å²) < 4.78 is 6.81. The quantitative estimate of drug-likeness (QED) is 0.581. The molecule has 4 aromatic rings. The van der Waals surface area contributed by atoms with E-state index in [9.17, 15) is 4.79 Å². The van der Waals surface area contributed by atoms with Crippen LogP contribution in [0.3, 0.4) is 0 Å². The zero-order valence-corrected chi connectivity index (χ0v) is 11.5. The lowest BCUT2D eigenvalue weighted by atomic mass is 10.1. The van der Waals surface area contributed by atoms with Crippen LogP contribution in [0.15, 0.2) is 33.7 Å². The standard InChI is InChI=1S/C13H8ClN5O2/c1-19-12-9(5-16-19)17-8(4-15-12)6-2-3-7(14)10-11(6)21-13(20)18-10/h2-5H,1H3,(H,18,20). The molecular weight excluding hydrogens is 294 g/mol. The second kappa shape index (κ2) is 4.16. The number of halogens is 1. The minimum atomic E-state index is -0.560. The van der Waals surface area contributed by atoms with Gasteiger partial charge in [0, 0.05) is 12.6 Å². The van der Waals surface area contributed by atoms with Crippen LogP contribution in [0.1, 0.15) is 0 Å². The molecule has 0 saturated heterocycles. The van der Waals surface area contributed by atoms with Gasteiger partial charge in [-0.05, 0) is 12.1 Å². The molecule has 0 spiro atoms. The third-order valence-electron chi connectivity index (χ3n) is 3.24. The molecule has 7 nitrogen and oxygen atoms in total. The normalized spacial score (nSPS) is 11.5. The van der Waals surface area contributed by atoms with Crippen LogP contribution in [0, 0.1) is 0 Å². The molecule has 3 aromatic heterocycles. The number of aryl methyl sites for hydroxylation is 1. The number of nitrogens with zero attached hydrogens (tertiary/aromatic N) is 4. The molecule has 8 heteroatoms. The molecule has 0 bridgehead atoms. The molecular formula is C13H8ClN5O2. The molecule has 1 aromatic carbocycles. The highest BCUT2D eigenvalue weighted by Gasteiger charge is 2.14. The number of benzene rings is 1. The third kappa shape index (κ3) is 1.74. The van der Waals surface area contributed by atoms with E-state index in [0.29, 0.717) is 38.5 Å². The predicted octanol–water partition coefficient (Wildman–Crippen LogP) is 2.12. The molecule has 4 rings (SSSR count). The topological polar surface area (TPSA) is 89.6 Å². The smallest absolute Gasteiger partial charge is 0.407 e. The number of aromatic amines is 1. The van der Waals surface area contributed by atoms with Gasteiger partial charge in [0.2, 0.25) is 0 Å². The number of fused-ring (bicyclic) bond motifs is 2. The summed E-state index contributed by atoms with van der Waals surface area (Å²) in [5.41, 5.74) is 3.39. The summed E-state index contributed by atoms with van der Waals surface area (Å²) in [5, 5.41) is 4.51. The maximum absolute atomic E-state index is 11.4. The largest absolute Gasteiger partial charge is 0.417 e. The molecule has 0 saturated carbocycles. The van der Waals surface area contributed by atoms with Crippen LogP contribution in [0.4, 0.5) is 0 Å². The number of hydrogen-bond acceptors (Lipinski definition) is 5. The van der Waals surface area contributed by atoms with E-state index in [1.54, 1.807) is 36.3 Å². The van der Waals surface area contributed by atoms with Gasteiger partial charge in [-0.15, -0.1) is 0 Å². The molecule has 1 N–H and O–H groups in total. The minimum Gasteiger partial charge on any atom is -0.407 e. The summed E-state index contributed by atoms with van der Waals surface area (Å²) in [6.07, 6.45) is 3.24. The van der Waals surface area contributed by atoms with Crippen molar-refractivity contribution < 1.29 is 4.42 Å². The number of oxazole rings is 1. The minimum absolute atomic E-state index is 0.366. The Kier molecular flexibility index (Phi) is 2.40. The Balaban J connectivity index is 2.03. The Hall–Kier alpha value is -2.67. The van der Waals surface area contributed by atoms with Gasteiger partial charge in [0.05, 0.1) is 23.1 Å². The summed E-state index contributed by atoms with van der Waals surface area (Å²) in [6, 6.07) is 3.42. The van der Waals surface area contributed by atoms with Crippen molar-refractivity contribution in [3.8, 4) is 11.3 Å². The van der Waals surface area contributed by atoms with Crippen LogP contribution in [0.5, 0.6) is 0 Å². The summed E-state index contributed by atoms with van der Waals surface area (Å²) in [4.78, 5) is 22.8. The van der Waals surface area contributed by atoms with E-state index in [1.807, 2.05) is 0 Å². The Morgan fingerprint density at radius 2 is 2.19 bits per heavy atom. The lowest BCUT2D eigenvalue weighted by Crippen LogP contribution is -1.93. The highest BCUT2D eigenvalue weighted by Crippen LogP contribution is 2.30. The first-order chi connectivity index (χ1) is 10.1. The molecule has 104 valence electrons. The Labute approximate surface area is 122 Å². The van der Waals surface area contributed by atoms with Crippen molar-refractivity contribution in [2.75, 3.05) is 0 Å². The summed E-state index contributed by atoms with van der Waals surface area (Å²) in [5.74, 6) is -0.560. The fourth-order valence-electron chi connectivity index (χ4n) is 2.26. The Morgan fingerprint density at radius 1 is 1.33 bits per heavy atom. The molecule has 21 heavy (non-hydrogen) atoms. The van der Waals surface area contributed by atoms with Crippen molar-refractivity contribution in [2.45, 2.75) is 0 Å². The fourth-order valence-corrected chi connectivity index (χ4v) is 2.46. The number of H-pyrrole nitrogens is 1. The number of nitrogens with one attached hydrogen (secondary N) is 1. The van der Waals surface area contributed by atoms with Gasteiger partial charge in [-0.25, -0.2) is 19.4 Å². The maximum atomic E-state index is 11.4. The van der Waals surface area contributed by atoms with Gasteiger partial charge in [-0.2, -0.15) is 5.10 Å².